The molecule has 0 fully saturated rings. The predicted molar refractivity (Wildman–Crippen MR) is 77.6 cm³/mol. The van der Waals surface area contributed by atoms with Crippen molar-refractivity contribution in [1.29, 1.82) is 0 Å². The second-order valence-corrected chi connectivity index (χ2v) is 5.68. The Hall–Kier alpha value is -0.340. The average Bonchev–Trinajstić information content (AvgIpc) is 2.57. The molecule has 1 atom stereocenters. The van der Waals surface area contributed by atoms with E-state index in [-0.39, 0.29) is 0 Å². The maximum Gasteiger partial charge on any atom is 0.0236 e. The minimum Gasteiger partial charge on any atom is -0.299 e. The van der Waals surface area contributed by atoms with Gasteiger partial charge in [0.2, 0.25) is 0 Å². The van der Waals surface area contributed by atoms with E-state index in [2.05, 4.69) is 52.0 Å². The highest BCUT2D eigenvalue weighted by molar-refractivity contribution is 9.09. The number of halogens is 1. The number of hydrogen-bond acceptors (Lipinski definition) is 1. The van der Waals surface area contributed by atoms with E-state index in [0.29, 0.717) is 0 Å². The molecule has 1 aliphatic heterocycles. The first-order valence-corrected chi connectivity index (χ1v) is 7.80. The van der Waals surface area contributed by atoms with Crippen molar-refractivity contribution >= 4 is 15.9 Å². The summed E-state index contributed by atoms with van der Waals surface area (Å²) in [5.41, 5.74) is 3.09. The molecule has 0 saturated heterocycles. The molecule has 1 unspecified atom stereocenters. The van der Waals surface area contributed by atoms with E-state index in [4.69, 9.17) is 0 Å². The summed E-state index contributed by atoms with van der Waals surface area (Å²) in [4.78, 5) is 2.63. The number of hydrogen-bond donors (Lipinski definition) is 0. The summed E-state index contributed by atoms with van der Waals surface area (Å²) in [6.07, 6.45) is 3.82. The fourth-order valence-electron chi connectivity index (χ4n) is 2.58. The van der Waals surface area contributed by atoms with Crippen LogP contribution < -0.4 is 0 Å². The number of alkyl halides is 1. The number of nitrogens with zero attached hydrogens (tertiary/aromatic N) is 1. The third-order valence-corrected chi connectivity index (χ3v) is 4.66. The smallest absolute Gasteiger partial charge is 0.0236 e. The standard InChI is InChI=1S/C15H22BrN/c1-2-13(10-16)11-17-9-5-8-14-6-3-4-7-15(14)12-17/h3-4,6-7,13H,2,5,8-12H2,1H3. The lowest BCUT2D eigenvalue weighted by atomic mass is 10.0. The quantitative estimate of drug-likeness (QED) is 0.763. The monoisotopic (exact) mass is 295 g/mol. The molecule has 1 aromatic carbocycles. The van der Waals surface area contributed by atoms with Gasteiger partial charge in [-0.1, -0.05) is 53.5 Å². The lowest BCUT2D eigenvalue weighted by molar-refractivity contribution is 0.232. The van der Waals surface area contributed by atoms with Gasteiger partial charge in [0, 0.05) is 18.4 Å². The van der Waals surface area contributed by atoms with E-state index in [1.54, 1.807) is 5.56 Å². The fourth-order valence-corrected chi connectivity index (χ4v) is 3.24. The molecule has 2 rings (SSSR count). The zero-order valence-electron chi connectivity index (χ0n) is 10.7. The van der Waals surface area contributed by atoms with Crippen LogP contribution in [0.15, 0.2) is 24.3 Å². The third-order valence-electron chi connectivity index (χ3n) is 3.74. The first kappa shape index (κ1) is 13.1. The molecule has 0 bridgehead atoms. The summed E-state index contributed by atoms with van der Waals surface area (Å²) in [5, 5.41) is 1.13. The normalized spacial score (nSPS) is 18.5. The van der Waals surface area contributed by atoms with E-state index >= 15 is 0 Å². The molecule has 0 aliphatic carbocycles. The fraction of sp³-hybridized carbons (Fsp3) is 0.600. The van der Waals surface area contributed by atoms with Crippen LogP contribution in [0.25, 0.3) is 0 Å². The Morgan fingerprint density at radius 1 is 1.29 bits per heavy atom. The Kier molecular flexibility index (Phi) is 5.05. The van der Waals surface area contributed by atoms with Crippen molar-refractivity contribution in [2.75, 3.05) is 18.4 Å². The van der Waals surface area contributed by atoms with Crippen molar-refractivity contribution in [3.63, 3.8) is 0 Å². The van der Waals surface area contributed by atoms with Gasteiger partial charge in [0.25, 0.3) is 0 Å². The Morgan fingerprint density at radius 3 is 2.76 bits per heavy atom. The molecular formula is C15H22BrN. The van der Waals surface area contributed by atoms with E-state index in [0.717, 1.165) is 17.8 Å². The van der Waals surface area contributed by atoms with E-state index in [9.17, 15) is 0 Å². The van der Waals surface area contributed by atoms with Crippen LogP contribution in [0.2, 0.25) is 0 Å². The van der Waals surface area contributed by atoms with Gasteiger partial charge in [-0.05, 0) is 36.4 Å². The van der Waals surface area contributed by atoms with Gasteiger partial charge in [-0.15, -0.1) is 0 Å². The van der Waals surface area contributed by atoms with Gasteiger partial charge in [-0.2, -0.15) is 0 Å². The van der Waals surface area contributed by atoms with Gasteiger partial charge in [0.15, 0.2) is 0 Å². The summed E-state index contributed by atoms with van der Waals surface area (Å²) < 4.78 is 0. The molecule has 0 amide bonds. The van der Waals surface area contributed by atoms with Crippen LogP contribution in [0.3, 0.4) is 0 Å². The molecule has 2 heteroatoms. The number of fused-ring (bicyclic) bond motifs is 1. The Labute approximate surface area is 113 Å². The van der Waals surface area contributed by atoms with Crippen LogP contribution in [0, 0.1) is 5.92 Å². The molecule has 0 radical (unpaired) electrons. The molecule has 1 heterocycles. The van der Waals surface area contributed by atoms with Crippen LogP contribution in [0.4, 0.5) is 0 Å². The van der Waals surface area contributed by atoms with Crippen LogP contribution in [0.1, 0.15) is 30.9 Å². The lowest BCUT2D eigenvalue weighted by Gasteiger charge is -2.24. The molecule has 0 saturated carbocycles. The number of benzene rings is 1. The molecule has 1 aliphatic rings. The van der Waals surface area contributed by atoms with Gasteiger partial charge in [-0.3, -0.25) is 4.90 Å². The number of rotatable bonds is 4. The van der Waals surface area contributed by atoms with Crippen molar-refractivity contribution in [3.05, 3.63) is 35.4 Å². The van der Waals surface area contributed by atoms with Gasteiger partial charge >= 0.3 is 0 Å². The van der Waals surface area contributed by atoms with Crippen LogP contribution in [-0.4, -0.2) is 23.3 Å². The van der Waals surface area contributed by atoms with E-state index in [1.807, 2.05) is 0 Å². The van der Waals surface area contributed by atoms with Crippen LogP contribution in [-0.2, 0) is 13.0 Å². The summed E-state index contributed by atoms with van der Waals surface area (Å²) in [5.74, 6) is 0.792. The Balaban J connectivity index is 2.02. The maximum absolute atomic E-state index is 3.63. The van der Waals surface area contributed by atoms with Gasteiger partial charge in [0.1, 0.15) is 0 Å². The average molecular weight is 296 g/mol. The molecule has 0 aromatic heterocycles. The molecule has 17 heavy (non-hydrogen) atoms. The zero-order chi connectivity index (χ0) is 12.1. The summed E-state index contributed by atoms with van der Waals surface area (Å²) in [6, 6.07) is 8.93. The highest BCUT2D eigenvalue weighted by atomic mass is 79.9. The second-order valence-electron chi connectivity index (χ2n) is 5.04. The second kappa shape index (κ2) is 6.55. The minimum absolute atomic E-state index is 0.792. The highest BCUT2D eigenvalue weighted by Gasteiger charge is 2.16. The molecule has 94 valence electrons. The SMILES string of the molecule is CCC(CBr)CN1CCCc2ccccc2C1. The van der Waals surface area contributed by atoms with Crippen molar-refractivity contribution in [1.82, 2.24) is 4.90 Å². The Bertz CT molecular complexity index is 347. The molecule has 0 spiro atoms. The first-order chi connectivity index (χ1) is 8.33. The topological polar surface area (TPSA) is 3.24 Å². The third kappa shape index (κ3) is 3.56. The van der Waals surface area contributed by atoms with E-state index in [1.165, 1.54) is 37.9 Å². The van der Waals surface area contributed by atoms with Crippen molar-refractivity contribution in [2.24, 2.45) is 5.92 Å². The molecular weight excluding hydrogens is 274 g/mol. The molecule has 1 aromatic rings. The predicted octanol–water partition coefficient (Wildman–Crippen LogP) is 3.86. The zero-order valence-corrected chi connectivity index (χ0v) is 12.2. The minimum atomic E-state index is 0.792. The van der Waals surface area contributed by atoms with Gasteiger partial charge < -0.3 is 0 Å². The van der Waals surface area contributed by atoms with E-state index < -0.39 is 0 Å². The summed E-state index contributed by atoms with van der Waals surface area (Å²) >= 11 is 3.63. The lowest BCUT2D eigenvalue weighted by Crippen LogP contribution is -2.29. The summed E-state index contributed by atoms with van der Waals surface area (Å²) in [6.45, 7) is 5.91. The number of aryl methyl sites for hydroxylation is 1. The van der Waals surface area contributed by atoms with Crippen molar-refractivity contribution in [2.45, 2.75) is 32.7 Å². The highest BCUT2D eigenvalue weighted by Crippen LogP contribution is 2.20. The Morgan fingerprint density at radius 2 is 2.06 bits per heavy atom. The van der Waals surface area contributed by atoms with Crippen LogP contribution in [0.5, 0.6) is 0 Å². The van der Waals surface area contributed by atoms with Crippen molar-refractivity contribution < 1.29 is 0 Å². The first-order valence-electron chi connectivity index (χ1n) is 6.68. The van der Waals surface area contributed by atoms with Gasteiger partial charge in [-0.25, -0.2) is 0 Å². The molecule has 1 nitrogen and oxygen atoms in total. The largest absolute Gasteiger partial charge is 0.299 e. The molecule has 0 N–H and O–H groups in total. The van der Waals surface area contributed by atoms with Crippen molar-refractivity contribution in [3.8, 4) is 0 Å². The van der Waals surface area contributed by atoms with Gasteiger partial charge in [0.05, 0.1) is 0 Å². The summed E-state index contributed by atoms with van der Waals surface area (Å²) in [7, 11) is 0. The maximum atomic E-state index is 3.63. The van der Waals surface area contributed by atoms with Crippen LogP contribution >= 0.6 is 15.9 Å².